The van der Waals surface area contributed by atoms with Crippen molar-refractivity contribution in [3.8, 4) is 0 Å². The van der Waals surface area contributed by atoms with Crippen LogP contribution in [0.2, 0.25) is 0 Å². The predicted octanol–water partition coefficient (Wildman–Crippen LogP) is 1.04. The van der Waals surface area contributed by atoms with Gasteiger partial charge in [0.2, 0.25) is 0 Å². The molecule has 2 aromatic heterocycles. The van der Waals surface area contributed by atoms with Crippen LogP contribution < -0.4 is 11.1 Å². The SMILES string of the molecule is NC(=S)c1ccc(C(=O)NCc2cccnc2)nc1. The number of pyridine rings is 2. The van der Waals surface area contributed by atoms with Gasteiger partial charge in [-0.3, -0.25) is 14.8 Å². The lowest BCUT2D eigenvalue weighted by Crippen LogP contribution is -2.24. The molecule has 0 saturated heterocycles. The van der Waals surface area contributed by atoms with Crippen LogP contribution in [-0.4, -0.2) is 20.9 Å². The van der Waals surface area contributed by atoms with E-state index in [1.54, 1.807) is 24.5 Å². The molecular weight excluding hydrogens is 260 g/mol. The highest BCUT2D eigenvalue weighted by Gasteiger charge is 2.07. The third kappa shape index (κ3) is 3.56. The van der Waals surface area contributed by atoms with Crippen LogP contribution in [0, 0.1) is 0 Å². The monoisotopic (exact) mass is 272 g/mol. The number of aromatic nitrogens is 2. The Morgan fingerprint density at radius 1 is 1.32 bits per heavy atom. The van der Waals surface area contributed by atoms with Crippen molar-refractivity contribution in [2.24, 2.45) is 5.73 Å². The lowest BCUT2D eigenvalue weighted by Gasteiger charge is -2.05. The number of nitrogens with one attached hydrogen (secondary N) is 1. The van der Waals surface area contributed by atoms with E-state index < -0.39 is 0 Å². The van der Waals surface area contributed by atoms with Crippen LogP contribution in [0.4, 0.5) is 0 Å². The molecule has 0 unspecified atom stereocenters. The smallest absolute Gasteiger partial charge is 0.270 e. The van der Waals surface area contributed by atoms with E-state index in [4.69, 9.17) is 18.0 Å². The molecule has 96 valence electrons. The first kappa shape index (κ1) is 13.1. The molecule has 0 bridgehead atoms. The molecular formula is C13H12N4OS. The molecule has 2 heterocycles. The first-order valence-electron chi connectivity index (χ1n) is 5.60. The average molecular weight is 272 g/mol. The Morgan fingerprint density at radius 2 is 2.16 bits per heavy atom. The van der Waals surface area contributed by atoms with Crippen molar-refractivity contribution in [1.82, 2.24) is 15.3 Å². The van der Waals surface area contributed by atoms with Gasteiger partial charge in [-0.2, -0.15) is 0 Å². The van der Waals surface area contributed by atoms with Crippen molar-refractivity contribution in [3.63, 3.8) is 0 Å². The van der Waals surface area contributed by atoms with Gasteiger partial charge < -0.3 is 11.1 Å². The van der Waals surface area contributed by atoms with Gasteiger partial charge >= 0.3 is 0 Å². The molecule has 0 fully saturated rings. The molecule has 0 saturated carbocycles. The van der Waals surface area contributed by atoms with E-state index in [1.165, 1.54) is 6.20 Å². The summed E-state index contributed by atoms with van der Waals surface area (Å²) in [6.07, 6.45) is 4.87. The lowest BCUT2D eigenvalue weighted by molar-refractivity contribution is 0.0946. The molecule has 1 amide bonds. The van der Waals surface area contributed by atoms with Crippen LogP contribution in [0.3, 0.4) is 0 Å². The second-order valence-electron chi connectivity index (χ2n) is 3.84. The Morgan fingerprint density at radius 3 is 2.74 bits per heavy atom. The summed E-state index contributed by atoms with van der Waals surface area (Å²) in [7, 11) is 0. The minimum atomic E-state index is -0.252. The van der Waals surface area contributed by atoms with Crippen molar-refractivity contribution < 1.29 is 4.79 Å². The highest BCUT2D eigenvalue weighted by atomic mass is 32.1. The quantitative estimate of drug-likeness (QED) is 0.813. The average Bonchev–Trinajstić information content (AvgIpc) is 2.46. The van der Waals surface area contributed by atoms with Crippen LogP contribution in [0.1, 0.15) is 21.6 Å². The van der Waals surface area contributed by atoms with Gasteiger partial charge in [-0.1, -0.05) is 18.3 Å². The third-order valence-corrected chi connectivity index (χ3v) is 2.69. The molecule has 0 aliphatic rings. The van der Waals surface area contributed by atoms with E-state index in [0.29, 0.717) is 17.8 Å². The summed E-state index contributed by atoms with van der Waals surface area (Å²) >= 11 is 4.82. The molecule has 0 aliphatic heterocycles. The summed E-state index contributed by atoms with van der Waals surface area (Å²) in [5.41, 5.74) is 7.35. The highest BCUT2D eigenvalue weighted by Crippen LogP contribution is 2.01. The van der Waals surface area contributed by atoms with E-state index in [9.17, 15) is 4.79 Å². The maximum atomic E-state index is 11.8. The number of carbonyl (C=O) groups excluding carboxylic acids is 1. The summed E-state index contributed by atoms with van der Waals surface area (Å²) in [6.45, 7) is 0.408. The van der Waals surface area contributed by atoms with Crippen LogP contribution in [-0.2, 0) is 6.54 Å². The number of hydrogen-bond acceptors (Lipinski definition) is 4. The Labute approximate surface area is 115 Å². The van der Waals surface area contributed by atoms with Crippen LogP contribution in [0.25, 0.3) is 0 Å². The number of rotatable bonds is 4. The van der Waals surface area contributed by atoms with Crippen LogP contribution >= 0.6 is 12.2 Å². The van der Waals surface area contributed by atoms with Crippen LogP contribution in [0.15, 0.2) is 42.9 Å². The van der Waals surface area contributed by atoms with Crippen molar-refractivity contribution in [1.29, 1.82) is 0 Å². The highest BCUT2D eigenvalue weighted by molar-refractivity contribution is 7.80. The molecule has 2 aromatic rings. The Kier molecular flexibility index (Phi) is 4.15. The third-order valence-electron chi connectivity index (χ3n) is 2.46. The number of nitrogens with zero attached hydrogens (tertiary/aromatic N) is 2. The minimum absolute atomic E-state index is 0.252. The van der Waals surface area contributed by atoms with Gasteiger partial charge in [0.05, 0.1) is 0 Å². The molecule has 19 heavy (non-hydrogen) atoms. The zero-order valence-corrected chi connectivity index (χ0v) is 10.9. The number of thiocarbonyl (C=S) groups is 1. The first-order chi connectivity index (χ1) is 9.16. The molecule has 0 aliphatic carbocycles. The first-order valence-corrected chi connectivity index (χ1v) is 6.00. The van der Waals surface area contributed by atoms with Gasteiger partial charge in [-0.25, -0.2) is 0 Å². The van der Waals surface area contributed by atoms with E-state index in [1.807, 2.05) is 12.1 Å². The van der Waals surface area contributed by atoms with E-state index >= 15 is 0 Å². The van der Waals surface area contributed by atoms with Crippen molar-refractivity contribution >= 4 is 23.1 Å². The molecule has 0 atom stereocenters. The van der Waals surface area contributed by atoms with Crippen molar-refractivity contribution in [3.05, 3.63) is 59.7 Å². The largest absolute Gasteiger partial charge is 0.389 e. The Hall–Kier alpha value is -2.34. The second-order valence-corrected chi connectivity index (χ2v) is 4.28. The van der Waals surface area contributed by atoms with Crippen molar-refractivity contribution in [2.75, 3.05) is 0 Å². The molecule has 0 spiro atoms. The number of carbonyl (C=O) groups is 1. The van der Waals surface area contributed by atoms with E-state index in [0.717, 1.165) is 5.56 Å². The lowest BCUT2D eigenvalue weighted by atomic mass is 10.2. The number of nitrogens with two attached hydrogens (primary N) is 1. The van der Waals surface area contributed by atoms with Gasteiger partial charge in [0.1, 0.15) is 10.7 Å². The van der Waals surface area contributed by atoms with Gasteiger partial charge in [-0.15, -0.1) is 0 Å². The minimum Gasteiger partial charge on any atom is -0.389 e. The normalized spacial score (nSPS) is 9.89. The molecule has 5 nitrogen and oxygen atoms in total. The van der Waals surface area contributed by atoms with Gasteiger partial charge in [0.25, 0.3) is 5.91 Å². The second kappa shape index (κ2) is 6.01. The zero-order chi connectivity index (χ0) is 13.7. The van der Waals surface area contributed by atoms with E-state index in [2.05, 4.69) is 15.3 Å². The maximum absolute atomic E-state index is 11.8. The topological polar surface area (TPSA) is 80.9 Å². The van der Waals surface area contributed by atoms with Gasteiger partial charge in [-0.05, 0) is 23.8 Å². The molecule has 2 rings (SSSR count). The zero-order valence-electron chi connectivity index (χ0n) is 10.0. The maximum Gasteiger partial charge on any atom is 0.270 e. The fourth-order valence-electron chi connectivity index (χ4n) is 1.45. The van der Waals surface area contributed by atoms with Gasteiger partial charge in [0.15, 0.2) is 0 Å². The summed E-state index contributed by atoms with van der Waals surface area (Å²) in [4.78, 5) is 20.1. The number of amides is 1. The summed E-state index contributed by atoms with van der Waals surface area (Å²) < 4.78 is 0. The molecule has 0 aromatic carbocycles. The fourth-order valence-corrected chi connectivity index (χ4v) is 1.57. The van der Waals surface area contributed by atoms with Gasteiger partial charge in [0, 0.05) is 30.7 Å². The Balaban J connectivity index is 1.98. The molecule has 6 heteroatoms. The fraction of sp³-hybridized carbons (Fsp3) is 0.0769. The molecule has 0 radical (unpaired) electrons. The number of hydrogen-bond donors (Lipinski definition) is 2. The van der Waals surface area contributed by atoms with Crippen molar-refractivity contribution in [2.45, 2.75) is 6.54 Å². The molecule has 3 N–H and O–H groups in total. The predicted molar refractivity (Wildman–Crippen MR) is 75.5 cm³/mol. The summed E-state index contributed by atoms with van der Waals surface area (Å²) in [5, 5.41) is 2.76. The van der Waals surface area contributed by atoms with E-state index in [-0.39, 0.29) is 10.9 Å². The standard InChI is InChI=1S/C13H12N4OS/c14-12(19)10-3-4-11(16-8-10)13(18)17-7-9-2-1-5-15-6-9/h1-6,8H,7H2,(H2,14,19)(H,17,18). The van der Waals surface area contributed by atoms with Crippen LogP contribution in [0.5, 0.6) is 0 Å². The Bertz CT molecular complexity index is 583. The summed E-state index contributed by atoms with van der Waals surface area (Å²) in [6, 6.07) is 6.97. The summed E-state index contributed by atoms with van der Waals surface area (Å²) in [5.74, 6) is -0.252.